The molecule has 7 heteroatoms. The Morgan fingerprint density at radius 3 is 2.79 bits per heavy atom. The van der Waals surface area contributed by atoms with Gasteiger partial charge >= 0.3 is 0 Å². The Labute approximate surface area is 164 Å². The summed E-state index contributed by atoms with van der Waals surface area (Å²) in [5.74, 6) is 0.987. The summed E-state index contributed by atoms with van der Waals surface area (Å²) in [6.45, 7) is 5.88. The predicted molar refractivity (Wildman–Crippen MR) is 112 cm³/mol. The summed E-state index contributed by atoms with van der Waals surface area (Å²) in [7, 11) is -0.102. The molecule has 1 aliphatic rings. The van der Waals surface area contributed by atoms with Crippen molar-refractivity contribution in [1.82, 2.24) is 25.0 Å². The molecule has 0 saturated carbocycles. The van der Waals surface area contributed by atoms with Crippen molar-refractivity contribution >= 4 is 24.5 Å². The van der Waals surface area contributed by atoms with Gasteiger partial charge in [0, 0.05) is 12.0 Å². The zero-order valence-electron chi connectivity index (χ0n) is 15.8. The van der Waals surface area contributed by atoms with Gasteiger partial charge in [0.15, 0.2) is 5.65 Å². The van der Waals surface area contributed by atoms with E-state index in [2.05, 4.69) is 65.0 Å². The van der Waals surface area contributed by atoms with Crippen LogP contribution in [0.25, 0.3) is 22.6 Å². The van der Waals surface area contributed by atoms with Crippen LogP contribution in [-0.4, -0.2) is 44.9 Å². The number of benzene rings is 2. The molecule has 0 atom stereocenters. The Balaban J connectivity index is 1.48. The molecule has 1 aliphatic heterocycles. The van der Waals surface area contributed by atoms with Crippen molar-refractivity contribution in [2.45, 2.75) is 13.0 Å². The second kappa shape index (κ2) is 6.95. The molecule has 0 unspecified atom stereocenters. The van der Waals surface area contributed by atoms with Crippen molar-refractivity contribution in [3.05, 3.63) is 59.8 Å². The normalized spacial score (nSPS) is 13.1. The van der Waals surface area contributed by atoms with E-state index in [0.29, 0.717) is 17.8 Å². The zero-order chi connectivity index (χ0) is 19.1. The molecule has 140 valence electrons. The molecule has 0 amide bonds. The summed E-state index contributed by atoms with van der Waals surface area (Å²) < 4.78 is 7.41. The fourth-order valence-electron chi connectivity index (χ4n) is 3.44. The third-order valence-corrected chi connectivity index (χ3v) is 6.32. The number of aromatic nitrogens is 5. The molecule has 28 heavy (non-hydrogen) atoms. The number of nitrogens with zero attached hydrogens (tertiary/aromatic N) is 5. The van der Waals surface area contributed by atoms with Gasteiger partial charge in [-0.15, -0.1) is 5.10 Å². The van der Waals surface area contributed by atoms with E-state index >= 15 is 0 Å². The number of rotatable bonds is 4. The van der Waals surface area contributed by atoms with E-state index in [1.54, 1.807) is 6.20 Å². The van der Waals surface area contributed by atoms with Crippen LogP contribution in [0.2, 0.25) is 0 Å². The van der Waals surface area contributed by atoms with Gasteiger partial charge in [0.1, 0.15) is 5.75 Å². The average molecular weight is 389 g/mol. The minimum Gasteiger partial charge on any atom is -0.493 e. The van der Waals surface area contributed by atoms with Crippen molar-refractivity contribution in [3.8, 4) is 17.0 Å². The van der Waals surface area contributed by atoms with Crippen LogP contribution in [0.1, 0.15) is 11.1 Å². The third kappa shape index (κ3) is 3.14. The predicted octanol–water partition coefficient (Wildman–Crippen LogP) is 3.24. The van der Waals surface area contributed by atoms with Gasteiger partial charge in [0.25, 0.3) is 0 Å². The summed E-state index contributed by atoms with van der Waals surface area (Å²) >= 11 is 0. The molecular weight excluding hydrogens is 369 g/mol. The SMILES string of the molecule is CP(C)c1ccc(-c2cnc3nnn(Cc4ccc5c(c4)CCO5)c3n2)cc1. The highest BCUT2D eigenvalue weighted by molar-refractivity contribution is 7.64. The van der Waals surface area contributed by atoms with Gasteiger partial charge in [-0.1, -0.05) is 49.5 Å². The van der Waals surface area contributed by atoms with Crippen LogP contribution in [0.4, 0.5) is 0 Å². The minimum atomic E-state index is -0.102. The van der Waals surface area contributed by atoms with Gasteiger partial charge in [-0.25, -0.2) is 14.6 Å². The Morgan fingerprint density at radius 2 is 1.96 bits per heavy atom. The van der Waals surface area contributed by atoms with E-state index in [0.717, 1.165) is 35.6 Å². The molecule has 2 aromatic carbocycles. The van der Waals surface area contributed by atoms with Crippen molar-refractivity contribution in [1.29, 1.82) is 0 Å². The molecule has 3 heterocycles. The first kappa shape index (κ1) is 17.3. The summed E-state index contributed by atoms with van der Waals surface area (Å²) in [5.41, 5.74) is 5.56. The lowest BCUT2D eigenvalue weighted by atomic mass is 10.1. The second-order valence-electron chi connectivity index (χ2n) is 7.13. The Morgan fingerprint density at radius 1 is 1.11 bits per heavy atom. The molecule has 0 radical (unpaired) electrons. The number of hydrogen-bond acceptors (Lipinski definition) is 5. The highest BCUT2D eigenvalue weighted by atomic mass is 31.1. The molecule has 0 fully saturated rings. The zero-order valence-corrected chi connectivity index (χ0v) is 16.7. The van der Waals surface area contributed by atoms with Gasteiger partial charge < -0.3 is 4.74 Å². The van der Waals surface area contributed by atoms with Crippen molar-refractivity contribution in [2.24, 2.45) is 0 Å². The van der Waals surface area contributed by atoms with Gasteiger partial charge in [-0.2, -0.15) is 0 Å². The van der Waals surface area contributed by atoms with Crippen LogP contribution in [0.3, 0.4) is 0 Å². The van der Waals surface area contributed by atoms with Crippen LogP contribution in [0.15, 0.2) is 48.7 Å². The lowest BCUT2D eigenvalue weighted by molar-refractivity contribution is 0.357. The van der Waals surface area contributed by atoms with Crippen molar-refractivity contribution in [3.63, 3.8) is 0 Å². The molecule has 0 aliphatic carbocycles. The van der Waals surface area contributed by atoms with Crippen molar-refractivity contribution < 1.29 is 4.74 Å². The molecule has 6 nitrogen and oxygen atoms in total. The van der Waals surface area contributed by atoms with Crippen LogP contribution < -0.4 is 10.0 Å². The van der Waals surface area contributed by atoms with Crippen LogP contribution in [-0.2, 0) is 13.0 Å². The van der Waals surface area contributed by atoms with E-state index in [1.165, 1.54) is 10.9 Å². The van der Waals surface area contributed by atoms with E-state index in [9.17, 15) is 0 Å². The second-order valence-corrected chi connectivity index (χ2v) is 9.44. The van der Waals surface area contributed by atoms with Crippen LogP contribution in [0.5, 0.6) is 5.75 Å². The minimum absolute atomic E-state index is 0.102. The molecule has 0 saturated heterocycles. The topological polar surface area (TPSA) is 65.7 Å². The highest BCUT2D eigenvalue weighted by Gasteiger charge is 2.14. The highest BCUT2D eigenvalue weighted by Crippen LogP contribution is 2.27. The van der Waals surface area contributed by atoms with E-state index in [-0.39, 0.29) is 7.92 Å². The Hall–Kier alpha value is -2.85. The first-order chi connectivity index (χ1) is 13.7. The first-order valence-corrected chi connectivity index (χ1v) is 11.5. The molecule has 4 aromatic rings. The largest absolute Gasteiger partial charge is 0.493 e. The van der Waals surface area contributed by atoms with Crippen LogP contribution in [0, 0.1) is 0 Å². The number of hydrogen-bond donors (Lipinski definition) is 0. The van der Waals surface area contributed by atoms with E-state index in [4.69, 9.17) is 9.72 Å². The lowest BCUT2D eigenvalue weighted by Gasteiger charge is -2.07. The Bertz CT molecular complexity index is 1150. The molecule has 2 aromatic heterocycles. The Kier molecular flexibility index (Phi) is 4.29. The van der Waals surface area contributed by atoms with Gasteiger partial charge in [-0.3, -0.25) is 0 Å². The van der Waals surface area contributed by atoms with Gasteiger partial charge in [-0.05, 0) is 35.8 Å². The molecule has 0 spiro atoms. The molecule has 5 rings (SSSR count). The number of ether oxygens (including phenoxy) is 1. The lowest BCUT2D eigenvalue weighted by Crippen LogP contribution is -2.04. The summed E-state index contributed by atoms with van der Waals surface area (Å²) in [6.07, 6.45) is 2.72. The smallest absolute Gasteiger partial charge is 0.221 e. The average Bonchev–Trinajstić information content (AvgIpc) is 3.34. The first-order valence-electron chi connectivity index (χ1n) is 9.26. The summed E-state index contributed by atoms with van der Waals surface area (Å²) in [6, 6.07) is 14.9. The van der Waals surface area contributed by atoms with Crippen molar-refractivity contribution in [2.75, 3.05) is 19.9 Å². The summed E-state index contributed by atoms with van der Waals surface area (Å²) in [5, 5.41) is 9.82. The van der Waals surface area contributed by atoms with Crippen LogP contribution >= 0.6 is 7.92 Å². The molecular formula is C21H20N5OP. The third-order valence-electron chi connectivity index (χ3n) is 4.99. The maximum atomic E-state index is 5.59. The fourth-order valence-corrected chi connectivity index (χ4v) is 4.19. The molecule has 0 N–H and O–H groups in total. The standard InChI is InChI=1S/C21H20N5OP/c1-28(2)17-6-4-15(5-7-17)18-12-22-20-21(23-18)26(25-24-20)13-14-3-8-19-16(11-14)9-10-27-19/h3-8,11-12H,9-10,13H2,1-2H3. The summed E-state index contributed by atoms with van der Waals surface area (Å²) in [4.78, 5) is 9.27. The van der Waals surface area contributed by atoms with E-state index in [1.807, 2.05) is 10.7 Å². The number of fused-ring (bicyclic) bond motifs is 2. The van der Waals surface area contributed by atoms with E-state index < -0.39 is 0 Å². The maximum absolute atomic E-state index is 5.59. The fraction of sp³-hybridized carbons (Fsp3) is 0.238. The van der Waals surface area contributed by atoms with Gasteiger partial charge in [0.05, 0.1) is 25.0 Å². The quantitative estimate of drug-likeness (QED) is 0.502. The monoisotopic (exact) mass is 389 g/mol. The van der Waals surface area contributed by atoms with Gasteiger partial charge in [0.2, 0.25) is 5.65 Å². The maximum Gasteiger partial charge on any atom is 0.221 e. The molecule has 0 bridgehead atoms.